The summed E-state index contributed by atoms with van der Waals surface area (Å²) in [7, 11) is -4.27. The molecule has 1 aromatic heterocycles. The number of aromatic nitrogens is 1. The Hall–Kier alpha value is -1.32. The Morgan fingerprint density at radius 1 is 0.818 bits per heavy atom. The summed E-state index contributed by atoms with van der Waals surface area (Å²) < 4.78 is 45.6. The van der Waals surface area contributed by atoms with E-state index in [2.05, 4.69) is 28.6 Å². The van der Waals surface area contributed by atoms with Crippen LogP contribution in [-0.2, 0) is 26.1 Å². The largest absolute Gasteiger partial charge is 0.744 e. The molecule has 8 heteroatoms. The zero-order chi connectivity index (χ0) is 31.7. The lowest BCUT2D eigenvalue weighted by atomic mass is 10.0. The van der Waals surface area contributed by atoms with Crippen molar-refractivity contribution in [3.63, 3.8) is 0 Å². The van der Waals surface area contributed by atoms with Gasteiger partial charge in [-0.15, -0.1) is 0 Å². The van der Waals surface area contributed by atoms with E-state index < -0.39 is 10.1 Å². The molecule has 0 amide bonds. The van der Waals surface area contributed by atoms with Crippen LogP contribution in [0.15, 0.2) is 46.2 Å². The second-order valence-corrected chi connectivity index (χ2v) is 14.6. The number of thiazole rings is 1. The first-order valence-corrected chi connectivity index (χ1v) is 19.9. The molecule has 1 aliphatic rings. The monoisotopic (exact) mass is 651 g/mol. The van der Waals surface area contributed by atoms with E-state index in [4.69, 9.17) is 9.47 Å². The third-order valence-electron chi connectivity index (χ3n) is 8.42. The molecule has 1 aromatic carbocycles. The molecule has 0 spiro atoms. The van der Waals surface area contributed by atoms with Crippen molar-refractivity contribution in [1.29, 1.82) is 0 Å². The third kappa shape index (κ3) is 19.9. The van der Waals surface area contributed by atoms with Gasteiger partial charge in [0.15, 0.2) is 6.20 Å². The molecular weight excluding hydrogens is 591 g/mol. The predicted octanol–water partition coefficient (Wildman–Crippen LogP) is 9.54. The van der Waals surface area contributed by atoms with Gasteiger partial charge in [0.05, 0.1) is 29.1 Å². The normalized spacial score (nSPS) is 16.6. The van der Waals surface area contributed by atoms with E-state index in [1.54, 1.807) is 23.5 Å². The van der Waals surface area contributed by atoms with Gasteiger partial charge in [-0.05, 0) is 51.2 Å². The van der Waals surface area contributed by atoms with Crippen molar-refractivity contribution >= 4 is 21.5 Å². The Morgan fingerprint density at radius 3 is 1.98 bits per heavy atom. The van der Waals surface area contributed by atoms with Crippen LogP contribution in [-0.4, -0.2) is 38.4 Å². The lowest BCUT2D eigenvalue weighted by molar-refractivity contribution is -0.692. The summed E-state index contributed by atoms with van der Waals surface area (Å²) in [6.07, 6.45) is 30.3. The minimum atomic E-state index is -4.27. The molecule has 0 radical (unpaired) electrons. The lowest BCUT2D eigenvalue weighted by Crippen LogP contribution is -2.29. The number of hydrogen-bond donors (Lipinski definition) is 0. The van der Waals surface area contributed by atoms with Crippen molar-refractivity contribution in [3.05, 3.63) is 46.9 Å². The molecule has 1 fully saturated rings. The van der Waals surface area contributed by atoms with Crippen LogP contribution in [0.1, 0.15) is 141 Å². The molecular formula is C36H61NO5S2. The molecule has 1 aliphatic heterocycles. The van der Waals surface area contributed by atoms with Gasteiger partial charge in [-0.1, -0.05) is 126 Å². The summed E-state index contributed by atoms with van der Waals surface area (Å²) in [4.78, 5) is -0.178. The van der Waals surface area contributed by atoms with E-state index in [1.165, 1.54) is 141 Å². The van der Waals surface area contributed by atoms with Crippen LogP contribution in [0.5, 0.6) is 0 Å². The maximum atomic E-state index is 10.4. The van der Waals surface area contributed by atoms with Crippen LogP contribution in [0.25, 0.3) is 0 Å². The fourth-order valence-electron chi connectivity index (χ4n) is 5.67. The van der Waals surface area contributed by atoms with E-state index >= 15 is 0 Å². The maximum absolute atomic E-state index is 10.4. The summed E-state index contributed by atoms with van der Waals surface area (Å²) in [5, 5.41) is 2.14. The van der Waals surface area contributed by atoms with Gasteiger partial charge in [-0.3, -0.25) is 0 Å². The van der Waals surface area contributed by atoms with Gasteiger partial charge in [0.25, 0.3) is 0 Å². The minimum Gasteiger partial charge on any atom is -0.744 e. The summed E-state index contributed by atoms with van der Waals surface area (Å²) in [6.45, 7) is 6.97. The molecule has 44 heavy (non-hydrogen) atoms. The van der Waals surface area contributed by atoms with Crippen LogP contribution < -0.4 is 4.57 Å². The molecule has 0 bridgehead atoms. The average molecular weight is 652 g/mol. The quantitative estimate of drug-likeness (QED) is 0.0642. The third-order valence-corrected chi connectivity index (χ3v) is 9.94. The van der Waals surface area contributed by atoms with E-state index in [1.807, 2.05) is 6.92 Å². The molecule has 2 unspecified atom stereocenters. The molecule has 0 N–H and O–H groups in total. The van der Waals surface area contributed by atoms with Crippen LogP contribution >= 0.6 is 11.3 Å². The fraction of sp³-hybridized carbons (Fsp3) is 0.750. The standard InChI is InChI=1S/C29H54NO2S.C7H8O3S/c1-2-3-4-5-6-7-8-9-10-11-12-13-16-19-28-20-21-29(32-28)26-31-24-18-15-14-17-22-30-23-25-33-27-30;1-6-2-4-7(5-3-6)11(8,9)10/h23,25,27-29H,2-22,24,26H2,1H3;2-5H,1H3,(H,8,9,10)/q+1;/p-1. The highest BCUT2D eigenvalue weighted by Crippen LogP contribution is 2.24. The summed E-state index contributed by atoms with van der Waals surface area (Å²) >= 11 is 1.77. The van der Waals surface area contributed by atoms with Crippen molar-refractivity contribution in [2.75, 3.05) is 13.2 Å². The van der Waals surface area contributed by atoms with Gasteiger partial charge < -0.3 is 14.0 Å². The SMILES string of the molecule is CCCCCCCCCCCCCCCC1CCC(COCCCCCC[n+]2ccsc2)O1.Cc1ccc(S(=O)(=O)[O-])cc1. The van der Waals surface area contributed by atoms with E-state index in [0.29, 0.717) is 12.2 Å². The first-order chi connectivity index (χ1) is 21.4. The van der Waals surface area contributed by atoms with Crippen molar-refractivity contribution in [2.24, 2.45) is 0 Å². The van der Waals surface area contributed by atoms with Gasteiger partial charge >= 0.3 is 0 Å². The summed E-state index contributed by atoms with van der Waals surface area (Å²) in [5.41, 5.74) is 3.12. The number of rotatable bonds is 24. The van der Waals surface area contributed by atoms with Gasteiger partial charge in [0.2, 0.25) is 5.51 Å². The van der Waals surface area contributed by atoms with Crippen LogP contribution in [0, 0.1) is 6.92 Å². The number of unbranched alkanes of at least 4 members (excludes halogenated alkanes) is 15. The molecule has 6 nitrogen and oxygen atoms in total. The van der Waals surface area contributed by atoms with E-state index in [-0.39, 0.29) is 4.90 Å². The highest BCUT2D eigenvalue weighted by molar-refractivity contribution is 7.85. The Bertz CT molecular complexity index is 1030. The molecule has 3 rings (SSSR count). The molecule has 252 valence electrons. The molecule has 2 atom stereocenters. The van der Waals surface area contributed by atoms with Crippen molar-refractivity contribution in [1.82, 2.24) is 0 Å². The van der Waals surface area contributed by atoms with Crippen molar-refractivity contribution in [3.8, 4) is 0 Å². The van der Waals surface area contributed by atoms with Gasteiger partial charge in [-0.25, -0.2) is 8.42 Å². The second-order valence-electron chi connectivity index (χ2n) is 12.5. The first-order valence-electron chi connectivity index (χ1n) is 17.6. The number of ether oxygens (including phenoxy) is 2. The number of nitrogens with zero attached hydrogens (tertiary/aromatic N) is 1. The zero-order valence-corrected chi connectivity index (χ0v) is 29.4. The smallest absolute Gasteiger partial charge is 0.224 e. The number of hydrogen-bond acceptors (Lipinski definition) is 6. The predicted molar refractivity (Wildman–Crippen MR) is 181 cm³/mol. The Balaban J connectivity index is 0.000000514. The molecule has 2 aromatic rings. The summed E-state index contributed by atoms with van der Waals surface area (Å²) in [6, 6.07) is 5.78. The molecule has 2 heterocycles. The van der Waals surface area contributed by atoms with Crippen molar-refractivity contribution in [2.45, 2.75) is 166 Å². The van der Waals surface area contributed by atoms with Gasteiger partial charge in [0.1, 0.15) is 16.7 Å². The summed E-state index contributed by atoms with van der Waals surface area (Å²) in [5.74, 6) is 0. The Kier molecular flexibility index (Phi) is 22.0. The van der Waals surface area contributed by atoms with E-state index in [0.717, 1.165) is 25.3 Å². The Labute approximate surface area is 273 Å². The maximum Gasteiger partial charge on any atom is 0.224 e. The van der Waals surface area contributed by atoms with Crippen LogP contribution in [0.3, 0.4) is 0 Å². The highest BCUT2D eigenvalue weighted by atomic mass is 32.2. The first kappa shape index (κ1) is 38.9. The van der Waals surface area contributed by atoms with Gasteiger partial charge in [0, 0.05) is 13.0 Å². The molecule has 1 saturated heterocycles. The Morgan fingerprint density at radius 2 is 1.39 bits per heavy atom. The fourth-order valence-corrected chi connectivity index (χ4v) is 6.76. The van der Waals surface area contributed by atoms with Gasteiger partial charge in [-0.2, -0.15) is 4.57 Å². The van der Waals surface area contributed by atoms with Crippen molar-refractivity contribution < 1.29 is 27.0 Å². The van der Waals surface area contributed by atoms with Crippen LogP contribution in [0.4, 0.5) is 0 Å². The average Bonchev–Trinajstić information content (AvgIpc) is 3.69. The topological polar surface area (TPSA) is 79.5 Å². The highest BCUT2D eigenvalue weighted by Gasteiger charge is 2.24. The zero-order valence-electron chi connectivity index (χ0n) is 27.8. The minimum absolute atomic E-state index is 0.178. The molecule has 0 saturated carbocycles. The second kappa shape index (κ2) is 24.9. The number of benzene rings is 1. The number of aryl methyl sites for hydroxylation is 2. The van der Waals surface area contributed by atoms with Crippen LogP contribution in [0.2, 0.25) is 0 Å². The lowest BCUT2D eigenvalue weighted by Gasteiger charge is -2.14. The molecule has 0 aliphatic carbocycles. The van der Waals surface area contributed by atoms with E-state index in [9.17, 15) is 13.0 Å².